The van der Waals surface area contributed by atoms with E-state index >= 15 is 0 Å². The largest absolute Gasteiger partial charge is 0.361 e. The number of rotatable bonds is 1. The van der Waals surface area contributed by atoms with Crippen molar-refractivity contribution in [3.05, 3.63) is 0 Å². The minimum absolute atomic E-state index is 0.0890. The third-order valence-electron chi connectivity index (χ3n) is 4.83. The van der Waals surface area contributed by atoms with Crippen molar-refractivity contribution >= 4 is 0 Å². The lowest BCUT2D eigenvalue weighted by Gasteiger charge is -2.57. The standard InChI is InChI=1S/C16H31NO/c1-7-15(6)8-9-18-16(17-15)11-13(2,3)10-14(4,5)12-16/h17H,7-12H2,1-6H3. The minimum atomic E-state index is -0.0890. The lowest BCUT2D eigenvalue weighted by atomic mass is 9.61. The van der Waals surface area contributed by atoms with Crippen LogP contribution in [-0.2, 0) is 4.74 Å². The van der Waals surface area contributed by atoms with Crippen LogP contribution in [0.1, 0.15) is 73.6 Å². The molecule has 1 aliphatic heterocycles. The third kappa shape index (κ3) is 2.91. The van der Waals surface area contributed by atoms with Crippen molar-refractivity contribution in [1.82, 2.24) is 5.32 Å². The SMILES string of the molecule is CCC1(C)CCOC2(CC(C)(C)CC(C)(C)C2)N1. The minimum Gasteiger partial charge on any atom is -0.361 e. The maximum atomic E-state index is 6.26. The fraction of sp³-hybridized carbons (Fsp3) is 1.00. The summed E-state index contributed by atoms with van der Waals surface area (Å²) < 4.78 is 6.26. The summed E-state index contributed by atoms with van der Waals surface area (Å²) in [4.78, 5) is 0. The molecule has 1 heterocycles. The molecule has 1 N–H and O–H groups in total. The second-order valence-electron chi connectivity index (χ2n) is 8.49. The molecule has 1 spiro atoms. The van der Waals surface area contributed by atoms with Crippen LogP contribution in [0.15, 0.2) is 0 Å². The Hall–Kier alpha value is -0.0800. The zero-order valence-corrected chi connectivity index (χ0v) is 13.2. The topological polar surface area (TPSA) is 21.3 Å². The van der Waals surface area contributed by atoms with Gasteiger partial charge in [-0.2, -0.15) is 0 Å². The first kappa shape index (κ1) is 14.3. The van der Waals surface area contributed by atoms with Gasteiger partial charge in [0.15, 0.2) is 0 Å². The monoisotopic (exact) mass is 253 g/mol. The first-order chi connectivity index (χ1) is 8.10. The smallest absolute Gasteiger partial charge is 0.120 e. The molecule has 1 saturated carbocycles. The predicted molar refractivity (Wildman–Crippen MR) is 76.5 cm³/mol. The Balaban J connectivity index is 2.24. The molecule has 0 bridgehead atoms. The molecule has 0 radical (unpaired) electrons. The summed E-state index contributed by atoms with van der Waals surface area (Å²) in [6.45, 7) is 15.1. The normalized spacial score (nSPS) is 37.7. The van der Waals surface area contributed by atoms with Gasteiger partial charge in [0.05, 0.1) is 6.61 Å². The first-order valence-electron chi connectivity index (χ1n) is 7.53. The van der Waals surface area contributed by atoms with Crippen LogP contribution < -0.4 is 5.32 Å². The summed E-state index contributed by atoms with van der Waals surface area (Å²) in [7, 11) is 0. The Kier molecular flexibility index (Phi) is 3.35. The van der Waals surface area contributed by atoms with Gasteiger partial charge in [0.2, 0.25) is 0 Å². The van der Waals surface area contributed by atoms with Crippen LogP contribution in [0.2, 0.25) is 0 Å². The van der Waals surface area contributed by atoms with E-state index in [0.717, 1.165) is 25.9 Å². The lowest BCUT2D eigenvalue weighted by molar-refractivity contribution is -0.190. The van der Waals surface area contributed by atoms with Crippen molar-refractivity contribution in [3.8, 4) is 0 Å². The molecule has 0 aromatic rings. The summed E-state index contributed by atoms with van der Waals surface area (Å²) >= 11 is 0. The van der Waals surface area contributed by atoms with Crippen molar-refractivity contribution < 1.29 is 4.74 Å². The number of nitrogens with one attached hydrogen (secondary N) is 1. The van der Waals surface area contributed by atoms with E-state index in [1.165, 1.54) is 12.8 Å². The van der Waals surface area contributed by atoms with E-state index in [-0.39, 0.29) is 11.3 Å². The highest BCUT2D eigenvalue weighted by Gasteiger charge is 2.51. The lowest BCUT2D eigenvalue weighted by Crippen LogP contribution is -2.66. The van der Waals surface area contributed by atoms with Gasteiger partial charge in [0.1, 0.15) is 5.72 Å². The zero-order valence-electron chi connectivity index (χ0n) is 13.2. The van der Waals surface area contributed by atoms with Crippen LogP contribution in [0.5, 0.6) is 0 Å². The Morgan fingerprint density at radius 2 is 1.50 bits per heavy atom. The molecule has 1 unspecified atom stereocenters. The van der Waals surface area contributed by atoms with Gasteiger partial charge < -0.3 is 4.74 Å². The fourth-order valence-electron chi connectivity index (χ4n) is 4.60. The Labute approximate surface area is 113 Å². The summed E-state index contributed by atoms with van der Waals surface area (Å²) in [6.07, 6.45) is 5.87. The Morgan fingerprint density at radius 3 is 2.00 bits per heavy atom. The molecule has 1 atom stereocenters. The van der Waals surface area contributed by atoms with E-state index in [9.17, 15) is 0 Å². The summed E-state index contributed by atoms with van der Waals surface area (Å²) in [5.74, 6) is 0. The van der Waals surface area contributed by atoms with Gasteiger partial charge in [-0.15, -0.1) is 0 Å². The summed E-state index contributed by atoms with van der Waals surface area (Å²) in [6, 6.07) is 0. The van der Waals surface area contributed by atoms with Crippen LogP contribution >= 0.6 is 0 Å². The number of hydrogen-bond acceptors (Lipinski definition) is 2. The maximum absolute atomic E-state index is 6.26. The molecule has 2 nitrogen and oxygen atoms in total. The molecule has 0 aromatic carbocycles. The average Bonchev–Trinajstić information content (AvgIpc) is 2.11. The van der Waals surface area contributed by atoms with E-state index in [1.807, 2.05) is 0 Å². The van der Waals surface area contributed by atoms with E-state index < -0.39 is 0 Å². The predicted octanol–water partition coefficient (Wildman–Crippen LogP) is 4.10. The van der Waals surface area contributed by atoms with E-state index in [1.54, 1.807) is 0 Å². The highest BCUT2D eigenvalue weighted by atomic mass is 16.5. The number of ether oxygens (including phenoxy) is 1. The van der Waals surface area contributed by atoms with Crippen molar-refractivity contribution in [1.29, 1.82) is 0 Å². The molecule has 2 aliphatic rings. The fourth-order valence-corrected chi connectivity index (χ4v) is 4.60. The van der Waals surface area contributed by atoms with E-state index in [2.05, 4.69) is 46.9 Å². The van der Waals surface area contributed by atoms with Gasteiger partial charge in [-0.25, -0.2) is 0 Å². The quantitative estimate of drug-likeness (QED) is 0.759. The average molecular weight is 253 g/mol. The van der Waals surface area contributed by atoms with Crippen LogP contribution in [-0.4, -0.2) is 17.9 Å². The van der Waals surface area contributed by atoms with Gasteiger partial charge in [0.25, 0.3) is 0 Å². The van der Waals surface area contributed by atoms with Crippen LogP contribution in [0.25, 0.3) is 0 Å². The van der Waals surface area contributed by atoms with Gasteiger partial charge >= 0.3 is 0 Å². The molecular weight excluding hydrogens is 222 g/mol. The van der Waals surface area contributed by atoms with E-state index in [0.29, 0.717) is 10.8 Å². The molecule has 2 heteroatoms. The van der Waals surface area contributed by atoms with Gasteiger partial charge in [-0.1, -0.05) is 34.6 Å². The van der Waals surface area contributed by atoms with Gasteiger partial charge in [-0.3, -0.25) is 5.32 Å². The molecule has 2 rings (SSSR count). The molecule has 18 heavy (non-hydrogen) atoms. The number of hydrogen-bond donors (Lipinski definition) is 1. The molecule has 106 valence electrons. The van der Waals surface area contributed by atoms with Crippen molar-refractivity contribution in [2.24, 2.45) is 10.8 Å². The summed E-state index contributed by atoms with van der Waals surface area (Å²) in [5, 5.41) is 3.88. The van der Waals surface area contributed by atoms with Crippen LogP contribution in [0.4, 0.5) is 0 Å². The zero-order chi connectivity index (χ0) is 13.7. The molecule has 0 amide bonds. The van der Waals surface area contributed by atoms with Crippen LogP contribution in [0.3, 0.4) is 0 Å². The Morgan fingerprint density at radius 1 is 0.944 bits per heavy atom. The second-order valence-corrected chi connectivity index (χ2v) is 8.49. The maximum Gasteiger partial charge on any atom is 0.120 e. The summed E-state index contributed by atoms with van der Waals surface area (Å²) in [5.41, 5.74) is 0.886. The highest BCUT2D eigenvalue weighted by molar-refractivity contribution is 5.03. The Bertz CT molecular complexity index is 305. The van der Waals surface area contributed by atoms with Gasteiger partial charge in [0, 0.05) is 5.54 Å². The van der Waals surface area contributed by atoms with Gasteiger partial charge in [-0.05, 0) is 49.9 Å². The van der Waals surface area contributed by atoms with E-state index in [4.69, 9.17) is 4.74 Å². The first-order valence-corrected chi connectivity index (χ1v) is 7.53. The second kappa shape index (κ2) is 4.21. The third-order valence-corrected chi connectivity index (χ3v) is 4.83. The van der Waals surface area contributed by atoms with Crippen molar-refractivity contribution in [2.75, 3.05) is 6.61 Å². The molecule has 1 aliphatic carbocycles. The molecule has 2 fully saturated rings. The van der Waals surface area contributed by atoms with Crippen molar-refractivity contribution in [2.45, 2.75) is 84.9 Å². The molecule has 0 aromatic heterocycles. The molecule has 1 saturated heterocycles. The highest BCUT2D eigenvalue weighted by Crippen LogP contribution is 2.52. The van der Waals surface area contributed by atoms with Crippen molar-refractivity contribution in [3.63, 3.8) is 0 Å². The van der Waals surface area contributed by atoms with Crippen LogP contribution in [0, 0.1) is 10.8 Å². The molecular formula is C16H31NO.